The number of rotatable bonds is 8. The Balaban J connectivity index is 2.03. The van der Waals surface area contributed by atoms with E-state index in [2.05, 4.69) is 5.32 Å². The van der Waals surface area contributed by atoms with Crippen LogP contribution in [0.15, 0.2) is 53.4 Å². The van der Waals surface area contributed by atoms with Crippen LogP contribution in [0.2, 0.25) is 10.0 Å². The monoisotopic (exact) mass is 424 g/mol. The Labute approximate surface area is 174 Å². The number of carbonyl (C=O) groups is 2. The van der Waals surface area contributed by atoms with Gasteiger partial charge in [-0.3, -0.25) is 9.59 Å². The summed E-state index contributed by atoms with van der Waals surface area (Å²) in [6, 6.07) is 14.2. The average Bonchev–Trinajstić information content (AvgIpc) is 2.66. The number of halogens is 2. The first-order chi connectivity index (χ1) is 12.9. The lowest BCUT2D eigenvalue weighted by molar-refractivity contribution is -0.140. The summed E-state index contributed by atoms with van der Waals surface area (Å²) in [4.78, 5) is 27.5. The van der Waals surface area contributed by atoms with Crippen LogP contribution in [0.25, 0.3) is 0 Å². The first kappa shape index (κ1) is 21.6. The standard InChI is InChI=1S/C20H22Cl2N2O2S/c1-14(20(26)23-2)24(13-15-4-3-5-17(22)12-15)19(25)10-11-27-18-8-6-16(21)7-9-18/h3-9,12,14H,10-11,13H2,1-2H3,(H,23,26)/t14-/m0/s1. The third kappa shape index (κ3) is 6.76. The number of amides is 2. The number of nitrogens with one attached hydrogen (secondary N) is 1. The summed E-state index contributed by atoms with van der Waals surface area (Å²) < 4.78 is 0. The molecule has 4 nitrogen and oxygen atoms in total. The summed E-state index contributed by atoms with van der Waals surface area (Å²) in [5.41, 5.74) is 0.886. The van der Waals surface area contributed by atoms with Gasteiger partial charge in [0, 0.05) is 40.7 Å². The fourth-order valence-corrected chi connectivity index (χ4v) is 3.73. The molecule has 0 aliphatic heterocycles. The Hall–Kier alpha value is -1.69. The maximum Gasteiger partial charge on any atom is 0.242 e. The fourth-order valence-electron chi connectivity index (χ4n) is 2.55. The summed E-state index contributed by atoms with van der Waals surface area (Å²) in [6.07, 6.45) is 0.329. The summed E-state index contributed by atoms with van der Waals surface area (Å²) in [6.45, 7) is 2.06. The second-order valence-electron chi connectivity index (χ2n) is 5.99. The van der Waals surface area contributed by atoms with Crippen LogP contribution < -0.4 is 5.32 Å². The van der Waals surface area contributed by atoms with E-state index in [4.69, 9.17) is 23.2 Å². The summed E-state index contributed by atoms with van der Waals surface area (Å²) >= 11 is 13.5. The highest BCUT2D eigenvalue weighted by molar-refractivity contribution is 7.99. The molecule has 0 spiro atoms. The van der Waals surface area contributed by atoms with Crippen molar-refractivity contribution in [3.63, 3.8) is 0 Å². The molecule has 0 unspecified atom stereocenters. The second kappa shape index (κ2) is 10.6. The van der Waals surface area contributed by atoms with Gasteiger partial charge in [0.25, 0.3) is 0 Å². The van der Waals surface area contributed by atoms with E-state index in [1.54, 1.807) is 42.8 Å². The van der Waals surface area contributed by atoms with Gasteiger partial charge < -0.3 is 10.2 Å². The molecule has 0 saturated carbocycles. The number of benzene rings is 2. The molecule has 0 aromatic heterocycles. The van der Waals surface area contributed by atoms with E-state index in [-0.39, 0.29) is 11.8 Å². The van der Waals surface area contributed by atoms with Gasteiger partial charge >= 0.3 is 0 Å². The summed E-state index contributed by atoms with van der Waals surface area (Å²) in [7, 11) is 1.57. The zero-order chi connectivity index (χ0) is 19.8. The molecule has 2 aromatic carbocycles. The predicted molar refractivity (Wildman–Crippen MR) is 112 cm³/mol. The van der Waals surface area contributed by atoms with Crippen molar-refractivity contribution in [2.45, 2.75) is 30.8 Å². The van der Waals surface area contributed by atoms with E-state index in [9.17, 15) is 9.59 Å². The maximum absolute atomic E-state index is 12.8. The van der Waals surface area contributed by atoms with Gasteiger partial charge in [-0.25, -0.2) is 0 Å². The number of hydrogen-bond donors (Lipinski definition) is 1. The Kier molecular flexibility index (Phi) is 8.48. The molecule has 0 bridgehead atoms. The molecule has 1 atom stereocenters. The second-order valence-corrected chi connectivity index (χ2v) is 8.04. The maximum atomic E-state index is 12.8. The number of nitrogens with zero attached hydrogens (tertiary/aromatic N) is 1. The first-order valence-corrected chi connectivity index (χ1v) is 10.3. The van der Waals surface area contributed by atoms with Gasteiger partial charge in [-0.05, 0) is 48.9 Å². The van der Waals surface area contributed by atoms with Crippen molar-refractivity contribution >= 4 is 46.8 Å². The molecule has 2 rings (SSSR count). The van der Waals surface area contributed by atoms with Crippen molar-refractivity contribution in [2.75, 3.05) is 12.8 Å². The van der Waals surface area contributed by atoms with Gasteiger partial charge in [0.05, 0.1) is 0 Å². The van der Waals surface area contributed by atoms with Crippen molar-refractivity contribution in [3.8, 4) is 0 Å². The third-order valence-electron chi connectivity index (χ3n) is 4.05. The Morgan fingerprint density at radius 3 is 2.44 bits per heavy atom. The quantitative estimate of drug-likeness (QED) is 0.627. The molecular formula is C20H22Cl2N2O2S. The van der Waals surface area contributed by atoms with Crippen LogP contribution in [0.3, 0.4) is 0 Å². The van der Waals surface area contributed by atoms with Gasteiger partial charge in [-0.15, -0.1) is 11.8 Å². The normalized spacial score (nSPS) is 11.7. The van der Waals surface area contributed by atoms with Gasteiger partial charge in [-0.2, -0.15) is 0 Å². The van der Waals surface area contributed by atoms with E-state index in [1.165, 1.54) is 0 Å². The molecule has 0 heterocycles. The first-order valence-electron chi connectivity index (χ1n) is 8.54. The SMILES string of the molecule is CNC(=O)[C@H](C)N(Cc1cccc(Cl)c1)C(=O)CCSc1ccc(Cl)cc1. The van der Waals surface area contributed by atoms with Gasteiger partial charge in [0.2, 0.25) is 11.8 Å². The Morgan fingerprint density at radius 1 is 1.11 bits per heavy atom. The lowest BCUT2D eigenvalue weighted by atomic mass is 10.1. The minimum atomic E-state index is -0.568. The van der Waals surface area contributed by atoms with E-state index < -0.39 is 6.04 Å². The van der Waals surface area contributed by atoms with Gasteiger partial charge in [-0.1, -0.05) is 35.3 Å². The highest BCUT2D eigenvalue weighted by atomic mass is 35.5. The largest absolute Gasteiger partial charge is 0.357 e. The Morgan fingerprint density at radius 2 is 1.81 bits per heavy atom. The molecule has 2 aromatic rings. The topological polar surface area (TPSA) is 49.4 Å². The van der Waals surface area contributed by atoms with E-state index in [0.29, 0.717) is 28.8 Å². The van der Waals surface area contributed by atoms with Gasteiger partial charge in [0.1, 0.15) is 6.04 Å². The molecule has 0 fully saturated rings. The molecule has 0 radical (unpaired) electrons. The molecule has 0 aliphatic rings. The summed E-state index contributed by atoms with van der Waals surface area (Å²) in [5.74, 6) is 0.343. The van der Waals surface area contributed by atoms with Crippen LogP contribution >= 0.6 is 35.0 Å². The lowest BCUT2D eigenvalue weighted by Gasteiger charge is -2.28. The number of hydrogen-bond acceptors (Lipinski definition) is 3. The van der Waals surface area contributed by atoms with Gasteiger partial charge in [0.15, 0.2) is 0 Å². The zero-order valence-corrected chi connectivity index (χ0v) is 17.6. The third-order valence-corrected chi connectivity index (χ3v) is 5.55. The van der Waals surface area contributed by atoms with Crippen LogP contribution in [-0.2, 0) is 16.1 Å². The van der Waals surface area contributed by atoms with Crippen molar-refractivity contribution in [1.82, 2.24) is 10.2 Å². The van der Waals surface area contributed by atoms with Crippen LogP contribution in [-0.4, -0.2) is 35.6 Å². The summed E-state index contributed by atoms with van der Waals surface area (Å²) in [5, 5.41) is 3.89. The molecule has 7 heteroatoms. The number of thioether (sulfide) groups is 1. The molecule has 0 saturated heterocycles. The van der Waals surface area contributed by atoms with Crippen LogP contribution in [0.4, 0.5) is 0 Å². The highest BCUT2D eigenvalue weighted by Gasteiger charge is 2.25. The minimum absolute atomic E-state index is 0.0764. The van der Waals surface area contributed by atoms with E-state index >= 15 is 0 Å². The number of likely N-dealkylation sites (N-methyl/N-ethyl adjacent to an activating group) is 1. The highest BCUT2D eigenvalue weighted by Crippen LogP contribution is 2.22. The van der Waals surface area contributed by atoms with Crippen LogP contribution in [0, 0.1) is 0 Å². The fraction of sp³-hybridized carbons (Fsp3) is 0.300. The lowest BCUT2D eigenvalue weighted by Crippen LogP contribution is -2.46. The van der Waals surface area contributed by atoms with Crippen LogP contribution in [0.5, 0.6) is 0 Å². The smallest absolute Gasteiger partial charge is 0.242 e. The molecule has 1 N–H and O–H groups in total. The van der Waals surface area contributed by atoms with Crippen molar-refractivity contribution in [3.05, 3.63) is 64.1 Å². The van der Waals surface area contributed by atoms with E-state index in [0.717, 1.165) is 10.5 Å². The molecule has 0 aliphatic carbocycles. The molecule has 144 valence electrons. The predicted octanol–water partition coefficient (Wildman–Crippen LogP) is 4.64. The zero-order valence-electron chi connectivity index (χ0n) is 15.2. The molecule has 27 heavy (non-hydrogen) atoms. The minimum Gasteiger partial charge on any atom is -0.357 e. The van der Waals surface area contributed by atoms with E-state index in [1.807, 2.05) is 36.4 Å². The molecule has 2 amide bonds. The van der Waals surface area contributed by atoms with Crippen molar-refractivity contribution in [1.29, 1.82) is 0 Å². The Bertz CT molecular complexity index is 784. The number of carbonyl (C=O) groups excluding carboxylic acids is 2. The van der Waals surface area contributed by atoms with Crippen molar-refractivity contribution < 1.29 is 9.59 Å². The average molecular weight is 425 g/mol. The van der Waals surface area contributed by atoms with Crippen molar-refractivity contribution in [2.24, 2.45) is 0 Å². The van der Waals surface area contributed by atoms with Crippen LogP contribution in [0.1, 0.15) is 18.9 Å². The molecular weight excluding hydrogens is 403 g/mol.